The van der Waals surface area contributed by atoms with Gasteiger partial charge in [0.15, 0.2) is 5.16 Å². The van der Waals surface area contributed by atoms with E-state index >= 15 is 0 Å². The molecular formula is C18H30N4OS. The molecule has 1 aliphatic rings. The molecule has 134 valence electrons. The van der Waals surface area contributed by atoms with Crippen LogP contribution in [0.4, 0.5) is 0 Å². The van der Waals surface area contributed by atoms with Crippen molar-refractivity contribution < 1.29 is 4.79 Å². The molecule has 1 saturated heterocycles. The van der Waals surface area contributed by atoms with E-state index in [1.807, 2.05) is 19.9 Å². The van der Waals surface area contributed by atoms with Gasteiger partial charge in [0.1, 0.15) is 0 Å². The molecule has 1 aromatic heterocycles. The molecule has 24 heavy (non-hydrogen) atoms. The monoisotopic (exact) mass is 350 g/mol. The number of piperidine rings is 1. The second kappa shape index (κ2) is 9.99. The van der Waals surface area contributed by atoms with Gasteiger partial charge in [0, 0.05) is 17.9 Å². The molecule has 2 heterocycles. The van der Waals surface area contributed by atoms with Crippen LogP contribution in [0.25, 0.3) is 0 Å². The third-order valence-corrected chi connectivity index (χ3v) is 5.24. The number of likely N-dealkylation sites (tertiary alicyclic amines) is 1. The molecular weight excluding hydrogens is 320 g/mol. The van der Waals surface area contributed by atoms with Crippen LogP contribution in [0.15, 0.2) is 11.2 Å². The Hall–Kier alpha value is -1.14. The highest BCUT2D eigenvalue weighted by atomic mass is 32.2. The third-order valence-electron chi connectivity index (χ3n) is 4.39. The zero-order valence-electron chi connectivity index (χ0n) is 15.2. The Balaban J connectivity index is 1.53. The van der Waals surface area contributed by atoms with Crippen molar-refractivity contribution in [3.63, 3.8) is 0 Å². The maximum absolute atomic E-state index is 11.9. The number of aryl methyl sites for hydroxylation is 2. The second-order valence-corrected chi connectivity index (χ2v) is 7.75. The summed E-state index contributed by atoms with van der Waals surface area (Å²) in [6.07, 6.45) is 4.85. The molecule has 0 aliphatic carbocycles. The topological polar surface area (TPSA) is 58.1 Å². The molecule has 5 nitrogen and oxygen atoms in total. The van der Waals surface area contributed by atoms with Crippen LogP contribution in [-0.4, -0.2) is 52.7 Å². The fraction of sp³-hybridized carbons (Fsp3) is 0.722. The predicted octanol–water partition coefficient (Wildman–Crippen LogP) is 2.81. The average molecular weight is 351 g/mol. The Morgan fingerprint density at radius 3 is 2.58 bits per heavy atom. The molecule has 2 rings (SSSR count). The Morgan fingerprint density at radius 2 is 1.92 bits per heavy atom. The van der Waals surface area contributed by atoms with E-state index in [-0.39, 0.29) is 5.91 Å². The van der Waals surface area contributed by atoms with E-state index in [0.29, 0.717) is 10.9 Å². The van der Waals surface area contributed by atoms with Crippen LogP contribution in [0.2, 0.25) is 0 Å². The van der Waals surface area contributed by atoms with Gasteiger partial charge in [-0.25, -0.2) is 9.97 Å². The first-order chi connectivity index (χ1) is 11.5. The highest BCUT2D eigenvalue weighted by Crippen LogP contribution is 2.16. The van der Waals surface area contributed by atoms with Gasteiger partial charge in [-0.3, -0.25) is 4.79 Å². The largest absolute Gasteiger partial charge is 0.355 e. The van der Waals surface area contributed by atoms with Crippen LogP contribution in [-0.2, 0) is 4.79 Å². The lowest BCUT2D eigenvalue weighted by Gasteiger charge is -2.30. The SMILES string of the molecule is Cc1cc(C)nc(SCC(=O)NCCCCN2CCC(C)CC2)n1. The fourth-order valence-electron chi connectivity index (χ4n) is 2.91. The quantitative estimate of drug-likeness (QED) is 0.444. The van der Waals surface area contributed by atoms with E-state index in [9.17, 15) is 4.79 Å². The first-order valence-electron chi connectivity index (χ1n) is 8.97. The molecule has 0 aromatic carbocycles. The second-order valence-electron chi connectivity index (χ2n) is 6.80. The van der Waals surface area contributed by atoms with E-state index in [0.717, 1.165) is 43.2 Å². The molecule has 0 unspecified atom stereocenters. The third kappa shape index (κ3) is 7.18. The highest BCUT2D eigenvalue weighted by Gasteiger charge is 2.14. The van der Waals surface area contributed by atoms with Crippen molar-refractivity contribution in [2.45, 2.75) is 51.6 Å². The summed E-state index contributed by atoms with van der Waals surface area (Å²) in [5, 5.41) is 3.68. The number of thioether (sulfide) groups is 1. The molecule has 0 atom stereocenters. The maximum Gasteiger partial charge on any atom is 0.230 e. The van der Waals surface area contributed by atoms with E-state index in [1.165, 1.54) is 37.7 Å². The van der Waals surface area contributed by atoms with Crippen molar-refractivity contribution in [2.75, 3.05) is 31.9 Å². The van der Waals surface area contributed by atoms with Crippen molar-refractivity contribution in [1.82, 2.24) is 20.2 Å². The molecule has 1 aliphatic heterocycles. The van der Waals surface area contributed by atoms with Crippen LogP contribution >= 0.6 is 11.8 Å². The summed E-state index contributed by atoms with van der Waals surface area (Å²) in [5.41, 5.74) is 1.88. The molecule has 0 saturated carbocycles. The first-order valence-corrected chi connectivity index (χ1v) is 9.95. The lowest BCUT2D eigenvalue weighted by Crippen LogP contribution is -2.34. The molecule has 0 bridgehead atoms. The Labute approximate surface area is 150 Å². The van der Waals surface area contributed by atoms with Gasteiger partial charge in [-0.05, 0) is 71.1 Å². The number of carbonyl (C=O) groups excluding carboxylic acids is 1. The van der Waals surface area contributed by atoms with Crippen molar-refractivity contribution in [1.29, 1.82) is 0 Å². The van der Waals surface area contributed by atoms with E-state index in [2.05, 4.69) is 27.1 Å². The number of carbonyl (C=O) groups is 1. The number of hydrogen-bond acceptors (Lipinski definition) is 5. The minimum atomic E-state index is 0.0644. The summed E-state index contributed by atoms with van der Waals surface area (Å²) in [7, 11) is 0. The fourth-order valence-corrected chi connectivity index (χ4v) is 3.69. The van der Waals surface area contributed by atoms with Crippen molar-refractivity contribution in [2.24, 2.45) is 5.92 Å². The number of unbranched alkanes of at least 4 members (excludes halogenated alkanes) is 1. The zero-order valence-corrected chi connectivity index (χ0v) is 16.0. The molecule has 0 radical (unpaired) electrons. The van der Waals surface area contributed by atoms with Crippen LogP contribution in [0, 0.1) is 19.8 Å². The predicted molar refractivity (Wildman–Crippen MR) is 99.3 cm³/mol. The van der Waals surface area contributed by atoms with Crippen LogP contribution in [0.5, 0.6) is 0 Å². The van der Waals surface area contributed by atoms with Gasteiger partial charge >= 0.3 is 0 Å². The number of aromatic nitrogens is 2. The number of nitrogens with one attached hydrogen (secondary N) is 1. The van der Waals surface area contributed by atoms with Gasteiger partial charge in [-0.15, -0.1) is 0 Å². The average Bonchev–Trinajstić information content (AvgIpc) is 2.53. The molecule has 1 fully saturated rings. The number of rotatable bonds is 8. The molecule has 1 aromatic rings. The van der Waals surface area contributed by atoms with Crippen molar-refractivity contribution in [3.05, 3.63) is 17.5 Å². The summed E-state index contributed by atoms with van der Waals surface area (Å²) >= 11 is 1.40. The summed E-state index contributed by atoms with van der Waals surface area (Å²) in [5.74, 6) is 1.33. The smallest absolute Gasteiger partial charge is 0.230 e. The molecule has 1 N–H and O–H groups in total. The number of amides is 1. The van der Waals surface area contributed by atoms with Gasteiger partial charge in [0.05, 0.1) is 5.75 Å². The maximum atomic E-state index is 11.9. The van der Waals surface area contributed by atoms with Gasteiger partial charge in [-0.2, -0.15) is 0 Å². The summed E-state index contributed by atoms with van der Waals surface area (Å²) in [6, 6.07) is 1.94. The minimum Gasteiger partial charge on any atom is -0.355 e. The van der Waals surface area contributed by atoms with Crippen LogP contribution in [0.1, 0.15) is 44.0 Å². The standard InChI is InChI=1S/C18H30N4OS/c1-14-6-10-22(11-7-14)9-5-4-8-19-17(23)13-24-18-20-15(2)12-16(3)21-18/h12,14H,4-11,13H2,1-3H3,(H,19,23). The van der Waals surface area contributed by atoms with Crippen molar-refractivity contribution >= 4 is 17.7 Å². The number of hydrogen-bond donors (Lipinski definition) is 1. The molecule has 1 amide bonds. The van der Waals surface area contributed by atoms with Gasteiger partial charge in [-0.1, -0.05) is 18.7 Å². The highest BCUT2D eigenvalue weighted by molar-refractivity contribution is 7.99. The van der Waals surface area contributed by atoms with Crippen LogP contribution in [0.3, 0.4) is 0 Å². The molecule has 6 heteroatoms. The Kier molecular flexibility index (Phi) is 7.99. The lowest BCUT2D eigenvalue weighted by molar-refractivity contribution is -0.118. The number of nitrogens with zero attached hydrogens (tertiary/aromatic N) is 3. The lowest BCUT2D eigenvalue weighted by atomic mass is 9.99. The Morgan fingerprint density at radius 1 is 1.25 bits per heavy atom. The van der Waals surface area contributed by atoms with E-state index < -0.39 is 0 Å². The van der Waals surface area contributed by atoms with Crippen molar-refractivity contribution in [3.8, 4) is 0 Å². The summed E-state index contributed by atoms with van der Waals surface area (Å²) in [6.45, 7) is 10.6. The van der Waals surface area contributed by atoms with Gasteiger partial charge < -0.3 is 10.2 Å². The van der Waals surface area contributed by atoms with Gasteiger partial charge in [0.25, 0.3) is 0 Å². The van der Waals surface area contributed by atoms with Crippen LogP contribution < -0.4 is 5.32 Å². The normalized spacial score (nSPS) is 16.3. The summed E-state index contributed by atoms with van der Waals surface area (Å²) < 4.78 is 0. The van der Waals surface area contributed by atoms with Gasteiger partial charge in [0.2, 0.25) is 5.91 Å². The molecule has 0 spiro atoms. The summed E-state index contributed by atoms with van der Waals surface area (Å²) in [4.78, 5) is 23.1. The first kappa shape index (κ1) is 19.2. The van der Waals surface area contributed by atoms with E-state index in [1.54, 1.807) is 0 Å². The Bertz CT molecular complexity index is 510. The van der Waals surface area contributed by atoms with E-state index in [4.69, 9.17) is 0 Å². The minimum absolute atomic E-state index is 0.0644. The zero-order chi connectivity index (χ0) is 17.4.